The number of pyridine rings is 1. The fraction of sp³-hybridized carbons (Fsp3) is 0.235. The Morgan fingerprint density at radius 3 is 2.70 bits per heavy atom. The van der Waals surface area contributed by atoms with Crippen molar-refractivity contribution in [2.45, 2.75) is 26.3 Å². The van der Waals surface area contributed by atoms with Gasteiger partial charge in [-0.1, -0.05) is 26.0 Å². The molecule has 0 saturated carbocycles. The van der Waals surface area contributed by atoms with E-state index in [9.17, 15) is 0 Å². The molecule has 3 rings (SSSR count). The van der Waals surface area contributed by atoms with Gasteiger partial charge in [0.25, 0.3) is 0 Å². The number of rotatable bonds is 4. The quantitative estimate of drug-likeness (QED) is 0.738. The van der Waals surface area contributed by atoms with Crippen molar-refractivity contribution in [2.24, 2.45) is 0 Å². The second kappa shape index (κ2) is 5.37. The minimum Gasteiger partial charge on any atom is -0.381 e. The van der Waals surface area contributed by atoms with Gasteiger partial charge in [-0.05, 0) is 41.3 Å². The molecule has 2 heterocycles. The number of hydrogen-bond acceptors (Lipinski definition) is 2. The number of anilines is 1. The fourth-order valence-corrected chi connectivity index (χ4v) is 2.34. The predicted molar refractivity (Wildman–Crippen MR) is 84.0 cm³/mol. The maximum atomic E-state index is 4.30. The highest BCUT2D eigenvalue weighted by Crippen LogP contribution is 2.20. The van der Waals surface area contributed by atoms with Crippen LogP contribution < -0.4 is 5.32 Å². The molecule has 0 spiro atoms. The monoisotopic (exact) mass is 265 g/mol. The lowest BCUT2D eigenvalue weighted by Gasteiger charge is -2.09. The van der Waals surface area contributed by atoms with Gasteiger partial charge in [-0.15, -0.1) is 0 Å². The molecule has 2 aromatic heterocycles. The maximum absolute atomic E-state index is 4.30. The molecule has 0 saturated heterocycles. The van der Waals surface area contributed by atoms with E-state index < -0.39 is 0 Å². The molecule has 0 aliphatic carbocycles. The van der Waals surface area contributed by atoms with Gasteiger partial charge in [0.15, 0.2) is 0 Å². The van der Waals surface area contributed by atoms with Crippen molar-refractivity contribution in [3.05, 3.63) is 59.9 Å². The topological polar surface area (TPSA) is 40.7 Å². The van der Waals surface area contributed by atoms with Crippen molar-refractivity contribution >= 4 is 16.7 Å². The van der Waals surface area contributed by atoms with E-state index in [2.05, 4.69) is 59.5 Å². The van der Waals surface area contributed by atoms with Crippen molar-refractivity contribution in [3.8, 4) is 0 Å². The van der Waals surface area contributed by atoms with Gasteiger partial charge in [0.05, 0.1) is 0 Å². The zero-order valence-corrected chi connectivity index (χ0v) is 11.9. The Labute approximate surface area is 119 Å². The molecule has 0 unspecified atom stereocenters. The molecular formula is C17H19N3. The molecular weight excluding hydrogens is 246 g/mol. The lowest BCUT2D eigenvalue weighted by Crippen LogP contribution is -1.99. The van der Waals surface area contributed by atoms with Crippen LogP contribution in [0.4, 0.5) is 5.69 Å². The highest BCUT2D eigenvalue weighted by atomic mass is 14.9. The number of aromatic amines is 1. The summed E-state index contributed by atoms with van der Waals surface area (Å²) in [6.07, 6.45) is 3.83. The van der Waals surface area contributed by atoms with Gasteiger partial charge in [-0.25, -0.2) is 4.98 Å². The Morgan fingerprint density at radius 1 is 1.15 bits per heavy atom. The van der Waals surface area contributed by atoms with Crippen LogP contribution in [0.5, 0.6) is 0 Å². The number of fused-ring (bicyclic) bond motifs is 1. The van der Waals surface area contributed by atoms with Gasteiger partial charge >= 0.3 is 0 Å². The summed E-state index contributed by atoms with van der Waals surface area (Å²) in [7, 11) is 0. The third kappa shape index (κ3) is 2.52. The van der Waals surface area contributed by atoms with Crippen LogP contribution in [0.3, 0.4) is 0 Å². The van der Waals surface area contributed by atoms with Crippen LogP contribution in [0.15, 0.2) is 48.8 Å². The molecule has 0 amide bonds. The third-order valence-electron chi connectivity index (χ3n) is 3.60. The van der Waals surface area contributed by atoms with Crippen LogP contribution >= 0.6 is 0 Å². The highest BCUT2D eigenvalue weighted by Gasteiger charge is 2.04. The summed E-state index contributed by atoms with van der Waals surface area (Å²) in [5.41, 5.74) is 4.69. The second-order valence-electron chi connectivity index (χ2n) is 5.34. The van der Waals surface area contributed by atoms with E-state index in [1.165, 1.54) is 16.5 Å². The Hall–Kier alpha value is -2.29. The number of benzene rings is 1. The molecule has 0 fully saturated rings. The molecule has 3 aromatic rings. The van der Waals surface area contributed by atoms with Gasteiger partial charge in [-0.3, -0.25) is 0 Å². The summed E-state index contributed by atoms with van der Waals surface area (Å²) in [6, 6.07) is 12.7. The molecule has 20 heavy (non-hydrogen) atoms. The minimum absolute atomic E-state index is 0.573. The smallest absolute Gasteiger partial charge is 0.137 e. The summed E-state index contributed by atoms with van der Waals surface area (Å²) in [4.78, 5) is 7.50. The SMILES string of the molecule is CC(C)c1ccc(NCc2c[nH]c3ncccc23)cc1. The highest BCUT2D eigenvalue weighted by molar-refractivity contribution is 5.79. The van der Waals surface area contributed by atoms with Crippen LogP contribution in [-0.4, -0.2) is 9.97 Å². The van der Waals surface area contributed by atoms with E-state index in [-0.39, 0.29) is 0 Å². The predicted octanol–water partition coefficient (Wildman–Crippen LogP) is 4.30. The summed E-state index contributed by atoms with van der Waals surface area (Å²) < 4.78 is 0. The van der Waals surface area contributed by atoms with E-state index in [1.54, 1.807) is 6.20 Å². The normalized spacial score (nSPS) is 11.2. The standard InChI is InChI=1S/C17H19N3/c1-12(2)13-5-7-15(8-6-13)19-10-14-11-20-17-16(14)4-3-9-18-17/h3-9,11-12,19H,10H2,1-2H3,(H,18,20). The van der Waals surface area contributed by atoms with Crippen molar-refractivity contribution in [1.82, 2.24) is 9.97 Å². The average Bonchev–Trinajstić information content (AvgIpc) is 2.89. The van der Waals surface area contributed by atoms with Crippen molar-refractivity contribution in [2.75, 3.05) is 5.32 Å². The molecule has 2 N–H and O–H groups in total. The second-order valence-corrected chi connectivity index (χ2v) is 5.34. The van der Waals surface area contributed by atoms with Crippen molar-refractivity contribution < 1.29 is 0 Å². The average molecular weight is 265 g/mol. The molecule has 0 radical (unpaired) electrons. The molecule has 102 valence electrons. The largest absolute Gasteiger partial charge is 0.381 e. The first-order valence-corrected chi connectivity index (χ1v) is 6.99. The molecule has 3 nitrogen and oxygen atoms in total. The summed E-state index contributed by atoms with van der Waals surface area (Å²) in [5, 5.41) is 4.64. The van der Waals surface area contributed by atoms with Crippen LogP contribution in [0, 0.1) is 0 Å². The Morgan fingerprint density at radius 2 is 1.95 bits per heavy atom. The maximum Gasteiger partial charge on any atom is 0.137 e. The van der Waals surface area contributed by atoms with Crippen molar-refractivity contribution in [1.29, 1.82) is 0 Å². The van der Waals surface area contributed by atoms with Crippen LogP contribution in [0.25, 0.3) is 11.0 Å². The molecule has 0 atom stereocenters. The molecule has 0 aliphatic rings. The Kier molecular flexibility index (Phi) is 3.42. The van der Waals surface area contributed by atoms with E-state index in [0.29, 0.717) is 5.92 Å². The molecule has 1 aromatic carbocycles. The number of nitrogens with one attached hydrogen (secondary N) is 2. The first kappa shape index (κ1) is 12.7. The van der Waals surface area contributed by atoms with Gasteiger partial charge in [0.2, 0.25) is 0 Å². The van der Waals surface area contributed by atoms with Gasteiger partial charge < -0.3 is 10.3 Å². The number of nitrogens with zero attached hydrogens (tertiary/aromatic N) is 1. The summed E-state index contributed by atoms with van der Waals surface area (Å²) in [5.74, 6) is 0.573. The Bertz CT molecular complexity index is 696. The number of H-pyrrole nitrogens is 1. The molecule has 0 bridgehead atoms. The first-order valence-electron chi connectivity index (χ1n) is 6.99. The van der Waals surface area contributed by atoms with E-state index in [1.807, 2.05) is 12.3 Å². The van der Waals surface area contributed by atoms with Gasteiger partial charge in [0, 0.05) is 30.0 Å². The van der Waals surface area contributed by atoms with E-state index >= 15 is 0 Å². The van der Waals surface area contributed by atoms with E-state index in [4.69, 9.17) is 0 Å². The molecule has 3 heteroatoms. The fourth-order valence-electron chi connectivity index (χ4n) is 2.34. The first-order chi connectivity index (χ1) is 9.74. The van der Waals surface area contributed by atoms with Crippen LogP contribution in [0.1, 0.15) is 30.9 Å². The number of aromatic nitrogens is 2. The van der Waals surface area contributed by atoms with E-state index in [0.717, 1.165) is 17.9 Å². The zero-order chi connectivity index (χ0) is 13.9. The zero-order valence-electron chi connectivity index (χ0n) is 11.9. The van der Waals surface area contributed by atoms with Crippen molar-refractivity contribution in [3.63, 3.8) is 0 Å². The molecule has 0 aliphatic heterocycles. The van der Waals surface area contributed by atoms with Gasteiger partial charge in [-0.2, -0.15) is 0 Å². The lowest BCUT2D eigenvalue weighted by atomic mass is 10.0. The summed E-state index contributed by atoms with van der Waals surface area (Å²) in [6.45, 7) is 5.22. The Balaban J connectivity index is 1.73. The summed E-state index contributed by atoms with van der Waals surface area (Å²) >= 11 is 0. The minimum atomic E-state index is 0.573. The van der Waals surface area contributed by atoms with Crippen LogP contribution in [0.2, 0.25) is 0 Å². The number of hydrogen-bond donors (Lipinski definition) is 2. The van der Waals surface area contributed by atoms with Crippen LogP contribution in [-0.2, 0) is 6.54 Å². The van der Waals surface area contributed by atoms with Gasteiger partial charge in [0.1, 0.15) is 5.65 Å². The lowest BCUT2D eigenvalue weighted by molar-refractivity contribution is 0.867. The third-order valence-corrected chi connectivity index (χ3v) is 3.60.